The van der Waals surface area contributed by atoms with E-state index in [1.165, 1.54) is 0 Å². The highest BCUT2D eigenvalue weighted by Gasteiger charge is 2.37. The van der Waals surface area contributed by atoms with E-state index in [9.17, 15) is 9.59 Å². The number of rotatable bonds is 3. The quantitative estimate of drug-likeness (QED) is 0.910. The van der Waals surface area contributed by atoms with Crippen molar-refractivity contribution in [2.45, 2.75) is 38.9 Å². The van der Waals surface area contributed by atoms with Crippen LogP contribution in [0.2, 0.25) is 0 Å². The summed E-state index contributed by atoms with van der Waals surface area (Å²) in [5.41, 5.74) is 4.39. The average Bonchev–Trinajstić information content (AvgIpc) is 2.71. The van der Waals surface area contributed by atoms with Crippen molar-refractivity contribution >= 4 is 17.5 Å². The van der Waals surface area contributed by atoms with Gasteiger partial charge in [-0.15, -0.1) is 0 Å². The van der Waals surface area contributed by atoms with Crippen molar-refractivity contribution in [3.63, 3.8) is 0 Å². The molecule has 2 aromatic rings. The van der Waals surface area contributed by atoms with E-state index < -0.39 is 0 Å². The van der Waals surface area contributed by atoms with Crippen molar-refractivity contribution in [2.75, 3.05) is 18.5 Å². The smallest absolute Gasteiger partial charge is 0.257 e. The van der Waals surface area contributed by atoms with Gasteiger partial charge in [0.2, 0.25) is 0 Å². The first-order valence-electron chi connectivity index (χ1n) is 9.57. The van der Waals surface area contributed by atoms with Crippen LogP contribution in [0.15, 0.2) is 42.5 Å². The van der Waals surface area contributed by atoms with Crippen LogP contribution >= 0.6 is 0 Å². The first-order valence-corrected chi connectivity index (χ1v) is 9.57. The van der Waals surface area contributed by atoms with E-state index in [0.717, 1.165) is 42.6 Å². The van der Waals surface area contributed by atoms with E-state index in [4.69, 9.17) is 0 Å². The minimum absolute atomic E-state index is 0.0830. The van der Waals surface area contributed by atoms with Gasteiger partial charge in [0.1, 0.15) is 6.17 Å². The van der Waals surface area contributed by atoms with E-state index >= 15 is 0 Å². The van der Waals surface area contributed by atoms with Crippen LogP contribution < -0.4 is 10.2 Å². The van der Waals surface area contributed by atoms with Crippen LogP contribution in [0.25, 0.3) is 0 Å². The molecule has 1 unspecified atom stereocenters. The van der Waals surface area contributed by atoms with E-state index in [1.54, 1.807) is 12.1 Å². The van der Waals surface area contributed by atoms with Gasteiger partial charge in [0.15, 0.2) is 0 Å². The van der Waals surface area contributed by atoms with E-state index in [-0.39, 0.29) is 18.0 Å². The maximum Gasteiger partial charge on any atom is 0.257 e. The summed E-state index contributed by atoms with van der Waals surface area (Å²) in [6.07, 6.45) is 3.27. The summed E-state index contributed by atoms with van der Waals surface area (Å²) in [6, 6.07) is 13.4. The minimum atomic E-state index is -0.118. The zero-order valence-corrected chi connectivity index (χ0v) is 15.9. The maximum absolute atomic E-state index is 12.8. The van der Waals surface area contributed by atoms with Gasteiger partial charge in [-0.1, -0.05) is 24.3 Å². The van der Waals surface area contributed by atoms with Gasteiger partial charge in [0, 0.05) is 25.7 Å². The van der Waals surface area contributed by atoms with Crippen LogP contribution in [-0.2, 0) is 6.54 Å². The number of nitrogens with one attached hydrogen (secondary N) is 1. The molecule has 0 spiro atoms. The predicted octanol–water partition coefficient (Wildman–Crippen LogP) is 3.33. The Labute approximate surface area is 160 Å². The van der Waals surface area contributed by atoms with Gasteiger partial charge >= 0.3 is 0 Å². The molecule has 1 saturated heterocycles. The summed E-state index contributed by atoms with van der Waals surface area (Å²) in [5, 5.41) is 2.99. The number of benzene rings is 2. The van der Waals surface area contributed by atoms with Gasteiger partial charge in [-0.25, -0.2) is 0 Å². The lowest BCUT2D eigenvalue weighted by Gasteiger charge is -2.46. The molecule has 0 saturated carbocycles. The molecule has 2 aliphatic rings. The van der Waals surface area contributed by atoms with Gasteiger partial charge in [0.25, 0.3) is 11.8 Å². The first kappa shape index (κ1) is 17.6. The molecule has 2 heterocycles. The Balaban J connectivity index is 1.55. The number of carbonyl (C=O) groups excluding carboxylic acids is 2. The molecule has 0 bridgehead atoms. The second-order valence-electron chi connectivity index (χ2n) is 7.43. The summed E-state index contributed by atoms with van der Waals surface area (Å²) in [5.74, 6) is -0.0346. The fraction of sp³-hybridized carbons (Fsp3) is 0.364. The Morgan fingerprint density at radius 1 is 1.19 bits per heavy atom. The number of hydrogen-bond donors (Lipinski definition) is 1. The number of hydrogen-bond acceptors (Lipinski definition) is 3. The third-order valence-corrected chi connectivity index (χ3v) is 5.75. The summed E-state index contributed by atoms with van der Waals surface area (Å²) in [4.78, 5) is 29.6. The van der Waals surface area contributed by atoms with Gasteiger partial charge < -0.3 is 15.1 Å². The first-order chi connectivity index (χ1) is 13.1. The molecule has 0 radical (unpaired) electrons. The molecule has 2 amide bonds. The lowest BCUT2D eigenvalue weighted by atomic mass is 9.97. The molecule has 27 heavy (non-hydrogen) atoms. The van der Waals surface area contributed by atoms with Gasteiger partial charge in [-0.2, -0.15) is 0 Å². The number of piperidine rings is 1. The van der Waals surface area contributed by atoms with Crippen molar-refractivity contribution in [3.8, 4) is 0 Å². The van der Waals surface area contributed by atoms with Gasteiger partial charge in [-0.3, -0.25) is 9.59 Å². The standard InChI is InChI=1S/C22H25N3O2/c1-15-7-3-4-8-17(15)14-23-21(26)16-10-11-18-19(13-16)24(2)20-9-5-6-12-25(20)22(18)27/h3-4,7-8,10-11,13,20H,5-6,9,12,14H2,1-2H3,(H,23,26). The SMILES string of the molecule is Cc1ccccc1CNC(=O)c1ccc2c(c1)N(C)C1CCCCN1C2=O. The summed E-state index contributed by atoms with van der Waals surface area (Å²) < 4.78 is 0. The van der Waals surface area contributed by atoms with Crippen LogP contribution in [0.3, 0.4) is 0 Å². The monoisotopic (exact) mass is 363 g/mol. The highest BCUT2D eigenvalue weighted by atomic mass is 16.2. The molecule has 0 aromatic heterocycles. The molecular formula is C22H25N3O2. The topological polar surface area (TPSA) is 52.7 Å². The zero-order valence-electron chi connectivity index (χ0n) is 15.9. The van der Waals surface area contributed by atoms with Crippen LogP contribution in [0.4, 0.5) is 5.69 Å². The molecule has 140 valence electrons. The third-order valence-electron chi connectivity index (χ3n) is 5.75. The van der Waals surface area contributed by atoms with Gasteiger partial charge in [-0.05, 0) is 55.5 Å². The third kappa shape index (κ3) is 3.18. The Hall–Kier alpha value is -2.82. The number of fused-ring (bicyclic) bond motifs is 2. The number of nitrogens with zero attached hydrogens (tertiary/aromatic N) is 2. The number of carbonyl (C=O) groups is 2. The highest BCUT2D eigenvalue weighted by molar-refractivity contribution is 6.04. The van der Waals surface area contributed by atoms with Crippen LogP contribution in [0.1, 0.15) is 51.1 Å². The minimum Gasteiger partial charge on any atom is -0.354 e. The Kier molecular flexibility index (Phi) is 4.60. The summed E-state index contributed by atoms with van der Waals surface area (Å²) in [7, 11) is 2.02. The summed E-state index contributed by atoms with van der Waals surface area (Å²) in [6.45, 7) is 3.34. The van der Waals surface area contributed by atoms with Crippen molar-refractivity contribution in [3.05, 3.63) is 64.7 Å². The lowest BCUT2D eigenvalue weighted by Crippen LogP contribution is -2.55. The van der Waals surface area contributed by atoms with Crippen LogP contribution in [-0.4, -0.2) is 36.5 Å². The van der Waals surface area contributed by atoms with Crippen LogP contribution in [0.5, 0.6) is 0 Å². The second-order valence-corrected chi connectivity index (χ2v) is 7.43. The fourth-order valence-electron chi connectivity index (χ4n) is 4.10. The van der Waals surface area contributed by atoms with Crippen molar-refractivity contribution in [1.82, 2.24) is 10.2 Å². The normalized spacial score (nSPS) is 18.7. The van der Waals surface area contributed by atoms with E-state index in [0.29, 0.717) is 17.7 Å². The predicted molar refractivity (Wildman–Crippen MR) is 106 cm³/mol. The summed E-state index contributed by atoms with van der Waals surface area (Å²) >= 11 is 0. The highest BCUT2D eigenvalue weighted by Crippen LogP contribution is 2.34. The number of amides is 2. The Bertz CT molecular complexity index is 893. The average molecular weight is 363 g/mol. The molecule has 1 N–H and O–H groups in total. The number of anilines is 1. The fourth-order valence-corrected chi connectivity index (χ4v) is 4.10. The lowest BCUT2D eigenvalue weighted by molar-refractivity contribution is 0.0589. The van der Waals surface area contributed by atoms with Gasteiger partial charge in [0.05, 0.1) is 11.3 Å². The number of aryl methyl sites for hydroxylation is 1. The van der Waals surface area contributed by atoms with Crippen molar-refractivity contribution in [1.29, 1.82) is 0 Å². The van der Waals surface area contributed by atoms with E-state index in [1.807, 2.05) is 49.2 Å². The molecule has 1 fully saturated rings. The van der Waals surface area contributed by atoms with Crippen LogP contribution in [0, 0.1) is 6.92 Å². The molecule has 2 aliphatic heterocycles. The molecule has 5 nitrogen and oxygen atoms in total. The molecule has 4 rings (SSSR count). The maximum atomic E-state index is 12.8. The second kappa shape index (κ2) is 7.06. The van der Waals surface area contributed by atoms with E-state index in [2.05, 4.69) is 10.2 Å². The Morgan fingerprint density at radius 3 is 2.81 bits per heavy atom. The molecule has 5 heteroatoms. The largest absolute Gasteiger partial charge is 0.354 e. The molecule has 0 aliphatic carbocycles. The zero-order chi connectivity index (χ0) is 19.0. The van der Waals surface area contributed by atoms with Crippen molar-refractivity contribution in [2.24, 2.45) is 0 Å². The molecular weight excluding hydrogens is 338 g/mol. The molecule has 1 atom stereocenters. The Morgan fingerprint density at radius 2 is 2.00 bits per heavy atom. The molecule has 2 aromatic carbocycles. The van der Waals surface area contributed by atoms with Crippen molar-refractivity contribution < 1.29 is 9.59 Å².